The Morgan fingerprint density at radius 2 is 2.25 bits per heavy atom. The van der Waals surface area contributed by atoms with E-state index >= 15 is 0 Å². The van der Waals surface area contributed by atoms with Crippen molar-refractivity contribution < 1.29 is 5.11 Å². The summed E-state index contributed by atoms with van der Waals surface area (Å²) in [5.74, 6) is 0.589. The third kappa shape index (κ3) is 2.74. The smallest absolute Gasteiger partial charge is 0.145 e. The predicted molar refractivity (Wildman–Crippen MR) is 63.0 cm³/mol. The summed E-state index contributed by atoms with van der Waals surface area (Å²) in [7, 11) is 0. The average molecular weight is 224 g/mol. The van der Waals surface area contributed by atoms with Crippen LogP contribution in [-0.4, -0.2) is 45.5 Å². The van der Waals surface area contributed by atoms with Crippen molar-refractivity contribution in [1.82, 2.24) is 14.7 Å². The second kappa shape index (κ2) is 4.84. The van der Waals surface area contributed by atoms with Crippen molar-refractivity contribution in [3.8, 4) is 0 Å². The van der Waals surface area contributed by atoms with E-state index in [1.807, 2.05) is 23.9 Å². The molecule has 1 saturated heterocycles. The van der Waals surface area contributed by atoms with E-state index in [1.54, 1.807) is 0 Å². The topological polar surface area (TPSA) is 67.3 Å². The second-order valence-electron chi connectivity index (χ2n) is 4.60. The molecule has 1 fully saturated rings. The van der Waals surface area contributed by atoms with Crippen LogP contribution in [0.5, 0.6) is 0 Å². The summed E-state index contributed by atoms with van der Waals surface area (Å²) in [4.78, 5) is 2.30. The van der Waals surface area contributed by atoms with Gasteiger partial charge in [0.25, 0.3) is 0 Å². The molecule has 0 saturated carbocycles. The molecule has 0 aromatic carbocycles. The molecule has 16 heavy (non-hydrogen) atoms. The molecular formula is C11H20N4O. The van der Waals surface area contributed by atoms with Crippen LogP contribution in [0.25, 0.3) is 0 Å². The Morgan fingerprint density at radius 3 is 2.75 bits per heavy atom. The van der Waals surface area contributed by atoms with Gasteiger partial charge in [0.1, 0.15) is 5.82 Å². The number of aliphatic hydroxyl groups excluding tert-OH is 1. The monoisotopic (exact) mass is 224 g/mol. The van der Waals surface area contributed by atoms with E-state index in [0.717, 1.165) is 32.5 Å². The number of anilines is 1. The minimum absolute atomic E-state index is 0.239. The fraction of sp³-hybridized carbons (Fsp3) is 0.727. The number of likely N-dealkylation sites (tertiary alicyclic amines) is 1. The first-order valence-corrected chi connectivity index (χ1v) is 5.86. The molecule has 5 nitrogen and oxygen atoms in total. The molecular weight excluding hydrogens is 204 g/mol. The Bertz CT molecular complexity index is 328. The lowest BCUT2D eigenvalue weighted by Crippen LogP contribution is -2.38. The summed E-state index contributed by atoms with van der Waals surface area (Å²) in [6.45, 7) is 4.65. The number of nitrogen functional groups attached to an aromatic ring is 1. The molecule has 3 N–H and O–H groups in total. The van der Waals surface area contributed by atoms with Crippen molar-refractivity contribution in [2.75, 3.05) is 25.4 Å². The predicted octanol–water partition coefficient (Wildman–Crippen LogP) is 0.483. The number of hydrogen-bond acceptors (Lipinski definition) is 4. The summed E-state index contributed by atoms with van der Waals surface area (Å²) >= 11 is 0. The standard InChI is InChI=1S/C11H20N4O/c1-9(16)8-14-5-2-10(3-6-14)15-7-4-11(12)13-15/h4,7,9-10,16H,2-3,5-6,8H2,1H3,(H2,12,13). The Labute approximate surface area is 95.8 Å². The number of piperidine rings is 1. The first-order chi connectivity index (χ1) is 7.65. The van der Waals surface area contributed by atoms with Gasteiger partial charge in [0.15, 0.2) is 0 Å². The Kier molecular flexibility index (Phi) is 3.46. The van der Waals surface area contributed by atoms with Crippen molar-refractivity contribution in [3.63, 3.8) is 0 Å². The van der Waals surface area contributed by atoms with Gasteiger partial charge >= 0.3 is 0 Å². The number of hydrogen-bond donors (Lipinski definition) is 2. The highest BCUT2D eigenvalue weighted by Crippen LogP contribution is 2.22. The molecule has 1 aliphatic heterocycles. The Hall–Kier alpha value is -1.07. The summed E-state index contributed by atoms with van der Waals surface area (Å²) < 4.78 is 1.97. The summed E-state index contributed by atoms with van der Waals surface area (Å²) in [5.41, 5.74) is 5.60. The zero-order valence-corrected chi connectivity index (χ0v) is 9.71. The lowest BCUT2D eigenvalue weighted by Gasteiger charge is -2.32. The zero-order chi connectivity index (χ0) is 11.5. The first kappa shape index (κ1) is 11.4. The van der Waals surface area contributed by atoms with Crippen LogP contribution in [0.15, 0.2) is 12.3 Å². The third-order valence-corrected chi connectivity index (χ3v) is 3.08. The van der Waals surface area contributed by atoms with Gasteiger partial charge in [-0.1, -0.05) is 0 Å². The van der Waals surface area contributed by atoms with E-state index in [0.29, 0.717) is 11.9 Å². The molecule has 0 bridgehead atoms. The molecule has 1 unspecified atom stereocenters. The van der Waals surface area contributed by atoms with Gasteiger partial charge in [-0.25, -0.2) is 0 Å². The van der Waals surface area contributed by atoms with Gasteiger partial charge in [0.2, 0.25) is 0 Å². The molecule has 0 amide bonds. The number of rotatable bonds is 3. The van der Waals surface area contributed by atoms with Crippen molar-refractivity contribution >= 4 is 5.82 Å². The molecule has 90 valence electrons. The molecule has 0 aliphatic carbocycles. The van der Waals surface area contributed by atoms with E-state index in [2.05, 4.69) is 10.00 Å². The van der Waals surface area contributed by atoms with Crippen LogP contribution >= 0.6 is 0 Å². The van der Waals surface area contributed by atoms with Crippen LogP contribution in [0, 0.1) is 0 Å². The SMILES string of the molecule is CC(O)CN1CCC(n2ccc(N)n2)CC1. The minimum Gasteiger partial charge on any atom is -0.392 e. The van der Waals surface area contributed by atoms with Gasteiger partial charge in [0.05, 0.1) is 12.1 Å². The van der Waals surface area contributed by atoms with Crippen molar-refractivity contribution in [2.45, 2.75) is 31.9 Å². The quantitative estimate of drug-likeness (QED) is 0.784. The van der Waals surface area contributed by atoms with Crippen LogP contribution < -0.4 is 5.73 Å². The Balaban J connectivity index is 1.85. The molecule has 1 aromatic heterocycles. The highest BCUT2D eigenvalue weighted by atomic mass is 16.3. The minimum atomic E-state index is -0.239. The molecule has 5 heteroatoms. The maximum atomic E-state index is 9.32. The highest BCUT2D eigenvalue weighted by Gasteiger charge is 2.21. The van der Waals surface area contributed by atoms with E-state index in [-0.39, 0.29) is 6.10 Å². The molecule has 2 heterocycles. The van der Waals surface area contributed by atoms with E-state index in [9.17, 15) is 5.11 Å². The van der Waals surface area contributed by atoms with Gasteiger partial charge < -0.3 is 15.7 Å². The third-order valence-electron chi connectivity index (χ3n) is 3.08. The Morgan fingerprint density at radius 1 is 1.56 bits per heavy atom. The number of β-amino-alcohol motifs (C(OH)–C–C–N with tert-alkyl or cyclic N) is 1. The zero-order valence-electron chi connectivity index (χ0n) is 9.71. The fourth-order valence-electron chi connectivity index (χ4n) is 2.30. The maximum absolute atomic E-state index is 9.32. The van der Waals surface area contributed by atoms with Gasteiger partial charge in [0, 0.05) is 25.8 Å². The van der Waals surface area contributed by atoms with Crippen LogP contribution in [0.2, 0.25) is 0 Å². The number of nitrogens with two attached hydrogens (primary N) is 1. The highest BCUT2D eigenvalue weighted by molar-refractivity contribution is 5.24. The molecule has 1 atom stereocenters. The number of aliphatic hydroxyl groups is 1. The second-order valence-corrected chi connectivity index (χ2v) is 4.60. The summed E-state index contributed by atoms with van der Waals surface area (Å²) in [6, 6.07) is 2.30. The van der Waals surface area contributed by atoms with Crippen LogP contribution in [0.4, 0.5) is 5.82 Å². The van der Waals surface area contributed by atoms with Gasteiger partial charge in [-0.05, 0) is 25.8 Å². The average Bonchev–Trinajstić information content (AvgIpc) is 2.65. The van der Waals surface area contributed by atoms with Crippen molar-refractivity contribution in [3.05, 3.63) is 12.3 Å². The molecule has 0 spiro atoms. The van der Waals surface area contributed by atoms with Crippen molar-refractivity contribution in [2.24, 2.45) is 0 Å². The van der Waals surface area contributed by atoms with Crippen LogP contribution in [0.1, 0.15) is 25.8 Å². The van der Waals surface area contributed by atoms with E-state index < -0.39 is 0 Å². The van der Waals surface area contributed by atoms with Gasteiger partial charge in [-0.3, -0.25) is 4.68 Å². The molecule has 0 radical (unpaired) electrons. The van der Waals surface area contributed by atoms with E-state index in [1.165, 1.54) is 0 Å². The molecule has 1 aromatic rings. The largest absolute Gasteiger partial charge is 0.392 e. The first-order valence-electron chi connectivity index (χ1n) is 5.86. The van der Waals surface area contributed by atoms with Crippen LogP contribution in [0.3, 0.4) is 0 Å². The number of aromatic nitrogens is 2. The maximum Gasteiger partial charge on any atom is 0.145 e. The fourth-order valence-corrected chi connectivity index (χ4v) is 2.30. The van der Waals surface area contributed by atoms with Gasteiger partial charge in [-0.15, -0.1) is 0 Å². The summed E-state index contributed by atoms with van der Waals surface area (Å²) in [5, 5.41) is 13.6. The molecule has 2 rings (SSSR count). The van der Waals surface area contributed by atoms with Gasteiger partial charge in [-0.2, -0.15) is 5.10 Å². The van der Waals surface area contributed by atoms with Crippen LogP contribution in [-0.2, 0) is 0 Å². The number of nitrogens with zero attached hydrogens (tertiary/aromatic N) is 3. The summed E-state index contributed by atoms with van der Waals surface area (Å²) in [6.07, 6.45) is 3.86. The van der Waals surface area contributed by atoms with E-state index in [4.69, 9.17) is 5.73 Å². The molecule has 1 aliphatic rings. The normalized spacial score (nSPS) is 21.1. The lowest BCUT2D eigenvalue weighted by atomic mass is 10.1. The lowest BCUT2D eigenvalue weighted by molar-refractivity contribution is 0.0996. The van der Waals surface area contributed by atoms with Crippen molar-refractivity contribution in [1.29, 1.82) is 0 Å².